The number of likely N-dealkylation sites (tertiary alicyclic amines) is 1. The number of nitriles is 1. The van der Waals surface area contributed by atoms with Crippen LogP contribution in [-0.2, 0) is 6.42 Å². The largest absolute Gasteiger partial charge is 0.404 e. The van der Waals surface area contributed by atoms with Gasteiger partial charge in [0.05, 0.1) is 11.7 Å². The Labute approximate surface area is 176 Å². The number of aliphatic imine (C=N–C) groups is 1. The number of H-pyrrole nitrogens is 1. The van der Waals surface area contributed by atoms with E-state index >= 15 is 0 Å². The lowest BCUT2D eigenvalue weighted by Gasteiger charge is -2.31. The number of piperidine rings is 1. The molecule has 1 aliphatic heterocycles. The number of fused-ring (bicyclic) bond motifs is 3. The highest BCUT2D eigenvalue weighted by Gasteiger charge is 2.23. The van der Waals surface area contributed by atoms with Gasteiger partial charge in [0.25, 0.3) is 0 Å². The Bertz CT molecular complexity index is 1160. The third-order valence-corrected chi connectivity index (χ3v) is 6.12. The van der Waals surface area contributed by atoms with Gasteiger partial charge in [-0.25, -0.2) is 9.97 Å². The lowest BCUT2D eigenvalue weighted by Crippen LogP contribution is -2.34. The topological polar surface area (TPSA) is 107 Å². The molecule has 7 heteroatoms. The maximum absolute atomic E-state index is 9.76. The molecule has 4 rings (SSSR count). The molecule has 1 aliphatic rings. The molecule has 4 heterocycles. The van der Waals surface area contributed by atoms with Gasteiger partial charge in [0.2, 0.25) is 0 Å². The van der Waals surface area contributed by atoms with E-state index < -0.39 is 0 Å². The van der Waals surface area contributed by atoms with Crippen molar-refractivity contribution in [1.82, 2.24) is 19.9 Å². The third kappa shape index (κ3) is 3.66. The van der Waals surface area contributed by atoms with Crippen molar-refractivity contribution >= 4 is 33.7 Å². The first-order valence-electron chi connectivity index (χ1n) is 10.4. The average Bonchev–Trinajstić information content (AvgIpc) is 3.16. The van der Waals surface area contributed by atoms with Crippen molar-refractivity contribution in [3.63, 3.8) is 0 Å². The van der Waals surface area contributed by atoms with Crippen LogP contribution >= 0.6 is 0 Å². The average molecular weight is 402 g/mol. The molecule has 0 bridgehead atoms. The summed E-state index contributed by atoms with van der Waals surface area (Å²) in [5.41, 5.74) is 10.7. The minimum absolute atomic E-state index is 0.511. The Hall–Kier alpha value is -3.24. The van der Waals surface area contributed by atoms with Crippen molar-refractivity contribution in [2.45, 2.75) is 26.2 Å². The highest BCUT2D eigenvalue weighted by molar-refractivity contribution is 6.13. The third-order valence-electron chi connectivity index (χ3n) is 6.12. The Kier molecular flexibility index (Phi) is 5.77. The molecular formula is C23H27N7. The quantitative estimate of drug-likeness (QED) is 0.638. The van der Waals surface area contributed by atoms with Crippen molar-refractivity contribution in [2.24, 2.45) is 16.6 Å². The van der Waals surface area contributed by atoms with Crippen LogP contribution in [0.1, 0.15) is 36.6 Å². The second-order valence-electron chi connectivity index (χ2n) is 7.82. The number of aromatic amines is 1. The Morgan fingerprint density at radius 3 is 2.83 bits per heavy atom. The van der Waals surface area contributed by atoms with Gasteiger partial charge in [0.15, 0.2) is 0 Å². The summed E-state index contributed by atoms with van der Waals surface area (Å²) in [5, 5.41) is 11.8. The lowest BCUT2D eigenvalue weighted by atomic mass is 9.88. The molecule has 0 spiro atoms. The number of nitrogens with one attached hydrogen (secondary N) is 1. The van der Waals surface area contributed by atoms with Crippen molar-refractivity contribution < 1.29 is 0 Å². The maximum Gasteiger partial charge on any atom is 0.144 e. The Balaban J connectivity index is 1.82. The van der Waals surface area contributed by atoms with Crippen LogP contribution in [-0.4, -0.2) is 52.7 Å². The number of pyridine rings is 2. The minimum atomic E-state index is 0.511. The predicted molar refractivity (Wildman–Crippen MR) is 121 cm³/mol. The second-order valence-corrected chi connectivity index (χ2v) is 7.82. The van der Waals surface area contributed by atoms with Crippen LogP contribution in [0.5, 0.6) is 0 Å². The number of hydrogen-bond acceptors (Lipinski definition) is 6. The normalized spacial score (nSPS) is 16.6. The van der Waals surface area contributed by atoms with Crippen molar-refractivity contribution in [2.75, 3.05) is 26.7 Å². The van der Waals surface area contributed by atoms with Gasteiger partial charge in [0.1, 0.15) is 17.4 Å². The number of rotatable bonds is 5. The van der Waals surface area contributed by atoms with Crippen LogP contribution in [0, 0.1) is 17.2 Å². The molecule has 30 heavy (non-hydrogen) atoms. The SMILES string of the molecule is CCN1CCC(Cc2c(C#N)ncc3[nH]c4ncc(C(C=NC)=CN)cc4c23)CC1. The molecule has 0 unspecified atom stereocenters. The summed E-state index contributed by atoms with van der Waals surface area (Å²) >= 11 is 0. The van der Waals surface area contributed by atoms with Crippen LogP contribution in [0.3, 0.4) is 0 Å². The predicted octanol–water partition coefficient (Wildman–Crippen LogP) is 3.26. The van der Waals surface area contributed by atoms with Crippen molar-refractivity contribution in [1.29, 1.82) is 5.26 Å². The highest BCUT2D eigenvalue weighted by atomic mass is 15.1. The molecule has 0 aromatic carbocycles. The first kappa shape index (κ1) is 20.0. The fourth-order valence-electron chi connectivity index (χ4n) is 4.44. The van der Waals surface area contributed by atoms with Gasteiger partial charge in [-0.3, -0.25) is 4.99 Å². The molecule has 3 aromatic heterocycles. The van der Waals surface area contributed by atoms with Gasteiger partial charge >= 0.3 is 0 Å². The molecule has 1 saturated heterocycles. The molecule has 0 atom stereocenters. The smallest absolute Gasteiger partial charge is 0.144 e. The summed E-state index contributed by atoms with van der Waals surface area (Å²) in [6.07, 6.45) is 9.94. The standard InChI is InChI=1S/C23H27N7/c1-3-30-6-4-15(5-7-30)8-18-20(11-25)27-14-21-22(18)19-9-16(13-28-23(19)29-21)17(10-24)12-26-2/h9-10,12-15H,3-8,24H2,1-2H3,(H,28,29). The van der Waals surface area contributed by atoms with E-state index in [-0.39, 0.29) is 0 Å². The second kappa shape index (κ2) is 8.64. The van der Waals surface area contributed by atoms with Gasteiger partial charge < -0.3 is 15.6 Å². The van der Waals surface area contributed by atoms with Gasteiger partial charge in [-0.1, -0.05) is 6.92 Å². The zero-order valence-electron chi connectivity index (χ0n) is 17.5. The molecule has 0 radical (unpaired) electrons. The lowest BCUT2D eigenvalue weighted by molar-refractivity contribution is 0.192. The Morgan fingerprint density at radius 2 is 2.17 bits per heavy atom. The summed E-state index contributed by atoms with van der Waals surface area (Å²) < 4.78 is 0. The number of nitrogens with two attached hydrogens (primary N) is 1. The summed E-state index contributed by atoms with van der Waals surface area (Å²) in [7, 11) is 1.72. The molecular weight excluding hydrogens is 374 g/mol. The zero-order valence-corrected chi connectivity index (χ0v) is 17.5. The number of aromatic nitrogens is 3. The molecule has 1 fully saturated rings. The monoisotopic (exact) mass is 401 g/mol. The van der Waals surface area contributed by atoms with Gasteiger partial charge in [-0.15, -0.1) is 0 Å². The number of allylic oxidation sites excluding steroid dienone is 1. The maximum atomic E-state index is 9.76. The summed E-state index contributed by atoms with van der Waals surface area (Å²) in [5.74, 6) is 0.556. The summed E-state index contributed by atoms with van der Waals surface area (Å²) in [6, 6.07) is 4.39. The molecule has 3 aromatic rings. The van der Waals surface area contributed by atoms with E-state index in [2.05, 4.69) is 43.9 Å². The van der Waals surface area contributed by atoms with E-state index in [1.54, 1.807) is 25.7 Å². The first-order chi connectivity index (χ1) is 14.7. The Morgan fingerprint density at radius 1 is 1.37 bits per heavy atom. The fourth-order valence-corrected chi connectivity index (χ4v) is 4.44. The van der Waals surface area contributed by atoms with E-state index in [0.29, 0.717) is 11.6 Å². The fraction of sp³-hybridized carbons (Fsp3) is 0.391. The number of nitrogens with zero attached hydrogens (tertiary/aromatic N) is 5. The van der Waals surface area contributed by atoms with Gasteiger partial charge in [-0.2, -0.15) is 5.26 Å². The summed E-state index contributed by atoms with van der Waals surface area (Å²) in [6.45, 7) is 5.55. The number of hydrogen-bond donors (Lipinski definition) is 2. The van der Waals surface area contributed by atoms with E-state index in [1.807, 2.05) is 0 Å². The van der Waals surface area contributed by atoms with Crippen LogP contribution in [0.15, 0.2) is 29.7 Å². The van der Waals surface area contributed by atoms with Gasteiger partial charge in [0, 0.05) is 47.6 Å². The van der Waals surface area contributed by atoms with Crippen LogP contribution < -0.4 is 5.73 Å². The summed E-state index contributed by atoms with van der Waals surface area (Å²) in [4.78, 5) is 19.0. The molecule has 3 N–H and O–H groups in total. The zero-order chi connectivity index (χ0) is 21.1. The highest BCUT2D eigenvalue weighted by Crippen LogP contribution is 2.33. The minimum Gasteiger partial charge on any atom is -0.404 e. The van der Waals surface area contributed by atoms with Crippen LogP contribution in [0.4, 0.5) is 0 Å². The van der Waals surface area contributed by atoms with Crippen LogP contribution in [0.2, 0.25) is 0 Å². The van der Waals surface area contributed by atoms with Crippen molar-refractivity contribution in [3.8, 4) is 6.07 Å². The molecule has 0 aliphatic carbocycles. The molecule has 0 saturated carbocycles. The van der Waals surface area contributed by atoms with E-state index in [0.717, 1.165) is 77.5 Å². The first-order valence-corrected chi connectivity index (χ1v) is 10.4. The van der Waals surface area contributed by atoms with E-state index in [1.165, 1.54) is 6.20 Å². The van der Waals surface area contributed by atoms with Crippen molar-refractivity contribution in [3.05, 3.63) is 41.5 Å². The van der Waals surface area contributed by atoms with E-state index in [4.69, 9.17) is 5.73 Å². The molecule has 154 valence electrons. The molecule has 0 amide bonds. The molecule has 7 nitrogen and oxygen atoms in total. The van der Waals surface area contributed by atoms with Gasteiger partial charge in [-0.05, 0) is 56.4 Å². The van der Waals surface area contributed by atoms with Crippen LogP contribution in [0.25, 0.3) is 27.5 Å². The van der Waals surface area contributed by atoms with E-state index in [9.17, 15) is 5.26 Å².